The minimum Gasteiger partial charge on any atom is -0.321 e. The maximum atomic E-state index is 12.8. The number of carbonyl (C=O) groups excluding carboxylic acids is 1. The van der Waals surface area contributed by atoms with E-state index in [4.69, 9.17) is 0 Å². The van der Waals surface area contributed by atoms with Crippen LogP contribution in [0, 0.1) is 10.8 Å². The van der Waals surface area contributed by atoms with Gasteiger partial charge in [0.25, 0.3) is 0 Å². The van der Waals surface area contributed by atoms with Crippen molar-refractivity contribution < 1.29 is 18.0 Å². The molecule has 0 radical (unpaired) electrons. The van der Waals surface area contributed by atoms with Gasteiger partial charge in [-0.15, -0.1) is 0 Å². The SMILES string of the molecule is CC1(C)C[C@H]2C[C@](C)(CN2C(=O)Nc2cccc(C(F)(F)F)c2)C1. The lowest BCUT2D eigenvalue weighted by molar-refractivity contribution is -0.137. The quantitative estimate of drug-likeness (QED) is 0.754. The fraction of sp³-hybridized carbons (Fsp3) is 0.611. The standard InChI is InChI=1S/C18H23F3N2O/c1-16(2)8-14-9-17(3,10-16)11-23(14)15(24)22-13-6-4-5-12(7-13)18(19,20)21/h4-7,14H,8-11H2,1-3H3,(H,22,24)/t14-,17-/m0/s1. The summed E-state index contributed by atoms with van der Waals surface area (Å²) in [5.74, 6) is 0. The van der Waals surface area contributed by atoms with Crippen LogP contribution in [0.1, 0.15) is 45.6 Å². The van der Waals surface area contributed by atoms with Gasteiger partial charge in [0.15, 0.2) is 0 Å². The predicted molar refractivity (Wildman–Crippen MR) is 86.7 cm³/mol. The molecule has 1 aliphatic carbocycles. The van der Waals surface area contributed by atoms with E-state index in [-0.39, 0.29) is 28.6 Å². The number of rotatable bonds is 1. The van der Waals surface area contributed by atoms with Crippen LogP contribution in [0.5, 0.6) is 0 Å². The molecule has 1 saturated carbocycles. The highest BCUT2D eigenvalue weighted by Gasteiger charge is 2.51. The van der Waals surface area contributed by atoms with Gasteiger partial charge in [0.1, 0.15) is 0 Å². The van der Waals surface area contributed by atoms with Crippen LogP contribution in [0.25, 0.3) is 0 Å². The number of nitrogens with zero attached hydrogens (tertiary/aromatic N) is 1. The van der Waals surface area contributed by atoms with Crippen LogP contribution < -0.4 is 5.32 Å². The Balaban J connectivity index is 1.75. The number of anilines is 1. The number of nitrogens with one attached hydrogen (secondary N) is 1. The molecule has 2 aliphatic rings. The molecule has 1 heterocycles. The summed E-state index contributed by atoms with van der Waals surface area (Å²) in [6.45, 7) is 7.28. The van der Waals surface area contributed by atoms with Crippen molar-refractivity contribution in [2.75, 3.05) is 11.9 Å². The summed E-state index contributed by atoms with van der Waals surface area (Å²) < 4.78 is 38.4. The number of carbonyl (C=O) groups is 1. The second-order valence-corrected chi connectivity index (χ2v) is 8.35. The van der Waals surface area contributed by atoms with Crippen molar-refractivity contribution in [3.05, 3.63) is 29.8 Å². The van der Waals surface area contributed by atoms with E-state index in [0.29, 0.717) is 6.54 Å². The zero-order chi connectivity index (χ0) is 17.8. The summed E-state index contributed by atoms with van der Waals surface area (Å²) in [4.78, 5) is 14.4. The first-order valence-electron chi connectivity index (χ1n) is 8.22. The highest BCUT2D eigenvalue weighted by molar-refractivity contribution is 5.90. The smallest absolute Gasteiger partial charge is 0.321 e. The van der Waals surface area contributed by atoms with Crippen LogP contribution in [0.15, 0.2) is 24.3 Å². The number of benzene rings is 1. The average Bonchev–Trinajstić information content (AvgIpc) is 2.67. The summed E-state index contributed by atoms with van der Waals surface area (Å²) in [7, 11) is 0. The van der Waals surface area contributed by atoms with Crippen LogP contribution in [0.2, 0.25) is 0 Å². The molecule has 2 atom stereocenters. The van der Waals surface area contributed by atoms with Crippen molar-refractivity contribution in [3.8, 4) is 0 Å². The number of halogens is 3. The van der Waals surface area contributed by atoms with E-state index in [1.165, 1.54) is 12.1 Å². The molecule has 1 aliphatic heterocycles. The van der Waals surface area contributed by atoms with Crippen LogP contribution >= 0.6 is 0 Å². The lowest BCUT2D eigenvalue weighted by atomic mass is 9.65. The first-order chi connectivity index (χ1) is 11.0. The van der Waals surface area contributed by atoms with Gasteiger partial charge in [0, 0.05) is 18.3 Å². The van der Waals surface area contributed by atoms with E-state index in [0.717, 1.165) is 31.4 Å². The zero-order valence-electron chi connectivity index (χ0n) is 14.2. The number of urea groups is 1. The van der Waals surface area contributed by atoms with Crippen molar-refractivity contribution in [3.63, 3.8) is 0 Å². The number of hydrogen-bond acceptors (Lipinski definition) is 1. The van der Waals surface area contributed by atoms with Crippen LogP contribution in [-0.4, -0.2) is 23.5 Å². The largest absolute Gasteiger partial charge is 0.416 e. The molecule has 2 fully saturated rings. The van der Waals surface area contributed by atoms with Crippen LogP contribution in [0.3, 0.4) is 0 Å². The first-order valence-corrected chi connectivity index (χ1v) is 8.22. The molecule has 3 nitrogen and oxygen atoms in total. The Labute approximate surface area is 140 Å². The molecule has 1 N–H and O–H groups in total. The minimum absolute atomic E-state index is 0.0948. The number of fused-ring (bicyclic) bond motifs is 2. The molecule has 24 heavy (non-hydrogen) atoms. The number of likely N-dealkylation sites (tertiary alicyclic amines) is 1. The Bertz CT molecular complexity index is 656. The van der Waals surface area contributed by atoms with Gasteiger partial charge in [-0.2, -0.15) is 13.2 Å². The third kappa shape index (κ3) is 3.37. The van der Waals surface area contributed by atoms with Gasteiger partial charge >= 0.3 is 12.2 Å². The molecule has 132 valence electrons. The summed E-state index contributed by atoms with van der Waals surface area (Å²) in [5.41, 5.74) is -0.297. The van der Waals surface area contributed by atoms with Gasteiger partial charge in [-0.05, 0) is 48.3 Å². The van der Waals surface area contributed by atoms with Crippen molar-refractivity contribution in [2.24, 2.45) is 10.8 Å². The monoisotopic (exact) mass is 340 g/mol. The van der Waals surface area contributed by atoms with E-state index in [9.17, 15) is 18.0 Å². The van der Waals surface area contributed by atoms with E-state index in [2.05, 4.69) is 26.1 Å². The van der Waals surface area contributed by atoms with E-state index >= 15 is 0 Å². The Morgan fingerprint density at radius 3 is 2.62 bits per heavy atom. The van der Waals surface area contributed by atoms with E-state index in [1.807, 2.05) is 0 Å². The molecule has 3 rings (SSSR count). The second-order valence-electron chi connectivity index (χ2n) is 8.35. The lowest BCUT2D eigenvalue weighted by Gasteiger charge is -2.39. The van der Waals surface area contributed by atoms with Crippen LogP contribution in [0.4, 0.5) is 23.7 Å². The molecule has 2 amide bonds. The first kappa shape index (κ1) is 17.1. The summed E-state index contributed by atoms with van der Waals surface area (Å²) in [6.07, 6.45) is -1.46. The molecule has 0 spiro atoms. The van der Waals surface area contributed by atoms with Gasteiger partial charge in [0.05, 0.1) is 5.56 Å². The lowest BCUT2D eigenvalue weighted by Crippen LogP contribution is -2.40. The Hall–Kier alpha value is -1.72. The van der Waals surface area contributed by atoms with E-state index in [1.54, 1.807) is 4.90 Å². The highest BCUT2D eigenvalue weighted by Crippen LogP contribution is 2.52. The molecular formula is C18H23F3N2O. The van der Waals surface area contributed by atoms with E-state index < -0.39 is 11.7 Å². The zero-order valence-corrected chi connectivity index (χ0v) is 14.2. The number of amides is 2. The highest BCUT2D eigenvalue weighted by atomic mass is 19.4. The van der Waals surface area contributed by atoms with Gasteiger partial charge < -0.3 is 10.2 Å². The molecule has 2 bridgehead atoms. The van der Waals surface area contributed by atoms with Gasteiger partial charge in [-0.3, -0.25) is 0 Å². The van der Waals surface area contributed by atoms with Gasteiger partial charge in [-0.25, -0.2) is 4.79 Å². The Morgan fingerprint density at radius 1 is 1.25 bits per heavy atom. The molecule has 1 aromatic rings. The molecule has 0 unspecified atom stereocenters. The minimum atomic E-state index is -4.41. The van der Waals surface area contributed by atoms with Crippen molar-refractivity contribution in [1.82, 2.24) is 4.90 Å². The molecule has 0 aromatic heterocycles. The average molecular weight is 340 g/mol. The Morgan fingerprint density at radius 2 is 1.96 bits per heavy atom. The molecule has 6 heteroatoms. The fourth-order valence-electron chi connectivity index (χ4n) is 4.67. The number of alkyl halides is 3. The molecule has 1 aromatic carbocycles. The van der Waals surface area contributed by atoms with Crippen molar-refractivity contribution in [1.29, 1.82) is 0 Å². The second kappa shape index (κ2) is 5.39. The fourth-order valence-corrected chi connectivity index (χ4v) is 4.67. The van der Waals surface area contributed by atoms with Crippen molar-refractivity contribution in [2.45, 2.75) is 52.3 Å². The molecule has 1 saturated heterocycles. The summed E-state index contributed by atoms with van der Waals surface area (Å²) >= 11 is 0. The maximum Gasteiger partial charge on any atom is 0.416 e. The van der Waals surface area contributed by atoms with Gasteiger partial charge in [0.2, 0.25) is 0 Å². The van der Waals surface area contributed by atoms with Crippen molar-refractivity contribution >= 4 is 11.7 Å². The van der Waals surface area contributed by atoms with Crippen LogP contribution in [-0.2, 0) is 6.18 Å². The maximum absolute atomic E-state index is 12.8. The number of hydrogen-bond donors (Lipinski definition) is 1. The van der Waals surface area contributed by atoms with Gasteiger partial charge in [-0.1, -0.05) is 26.8 Å². The topological polar surface area (TPSA) is 32.3 Å². The Kier molecular flexibility index (Phi) is 3.85. The predicted octanol–water partition coefficient (Wildman–Crippen LogP) is 5.14. The normalized spacial score (nSPS) is 28.8. The third-order valence-corrected chi connectivity index (χ3v) is 5.12. The molecular weight excluding hydrogens is 317 g/mol. The summed E-state index contributed by atoms with van der Waals surface area (Å²) in [5, 5.41) is 2.64. The summed E-state index contributed by atoms with van der Waals surface area (Å²) in [6, 6.07) is 4.63. The third-order valence-electron chi connectivity index (χ3n) is 5.12.